The Bertz CT molecular complexity index is 237. The van der Waals surface area contributed by atoms with Gasteiger partial charge in [0.05, 0.1) is 0 Å². The second-order valence-corrected chi connectivity index (χ2v) is 6.30. The molecule has 0 aromatic heterocycles. The predicted octanol–water partition coefficient (Wildman–Crippen LogP) is 3.85. The fourth-order valence-corrected chi connectivity index (χ4v) is 1.86. The van der Waals surface area contributed by atoms with Crippen LogP contribution in [0.2, 0.25) is 0 Å². The predicted molar refractivity (Wildman–Crippen MR) is 85.1 cm³/mol. The van der Waals surface area contributed by atoms with Gasteiger partial charge in [-0.25, -0.2) is 4.79 Å². The largest absolute Gasteiger partial charge is 0.444 e. The summed E-state index contributed by atoms with van der Waals surface area (Å²) in [6.45, 7) is 10.7. The Morgan fingerprint density at radius 3 is 2.05 bits per heavy atom. The third-order valence-electron chi connectivity index (χ3n) is 2.91. The molecular formula is C16H34N2O2. The molecule has 0 radical (unpaired) electrons. The van der Waals surface area contributed by atoms with Gasteiger partial charge in [0.25, 0.3) is 0 Å². The number of amides is 1. The van der Waals surface area contributed by atoms with Crippen molar-refractivity contribution >= 4 is 6.09 Å². The van der Waals surface area contributed by atoms with Gasteiger partial charge in [-0.2, -0.15) is 0 Å². The molecule has 0 aliphatic rings. The zero-order valence-electron chi connectivity index (χ0n) is 13.9. The molecule has 2 N–H and O–H groups in total. The molecule has 1 amide bonds. The van der Waals surface area contributed by atoms with Crippen molar-refractivity contribution in [2.24, 2.45) is 0 Å². The highest BCUT2D eigenvalue weighted by Crippen LogP contribution is 2.06. The minimum absolute atomic E-state index is 0.318. The maximum absolute atomic E-state index is 11.4. The van der Waals surface area contributed by atoms with Gasteiger partial charge in [-0.3, -0.25) is 0 Å². The van der Waals surface area contributed by atoms with Crippen LogP contribution in [0.25, 0.3) is 0 Å². The molecular weight excluding hydrogens is 252 g/mol. The number of alkyl carbamates (subject to hydrolysis) is 1. The minimum atomic E-state index is -0.413. The molecule has 0 aliphatic carbocycles. The quantitative estimate of drug-likeness (QED) is 0.567. The molecule has 0 saturated heterocycles. The molecule has 120 valence electrons. The molecule has 0 heterocycles. The van der Waals surface area contributed by atoms with E-state index in [2.05, 4.69) is 17.6 Å². The van der Waals surface area contributed by atoms with Crippen molar-refractivity contribution in [3.63, 3.8) is 0 Å². The first-order chi connectivity index (χ1) is 9.45. The summed E-state index contributed by atoms with van der Waals surface area (Å²) in [4.78, 5) is 11.4. The van der Waals surface area contributed by atoms with Crippen LogP contribution in [0.1, 0.15) is 72.6 Å². The SMILES string of the molecule is CCCCCCCNCCCCNC(=O)OC(C)(C)C. The standard InChI is InChI=1S/C16H34N2O2/c1-5-6-7-8-9-12-17-13-10-11-14-18-15(19)20-16(2,3)4/h17H,5-14H2,1-4H3,(H,18,19). The second-order valence-electron chi connectivity index (χ2n) is 6.30. The second kappa shape index (κ2) is 12.0. The van der Waals surface area contributed by atoms with Crippen molar-refractivity contribution < 1.29 is 9.53 Å². The van der Waals surface area contributed by atoms with Gasteiger partial charge >= 0.3 is 6.09 Å². The molecule has 0 saturated carbocycles. The number of ether oxygens (including phenoxy) is 1. The lowest BCUT2D eigenvalue weighted by Gasteiger charge is -2.19. The lowest BCUT2D eigenvalue weighted by Crippen LogP contribution is -2.33. The van der Waals surface area contributed by atoms with E-state index < -0.39 is 5.60 Å². The summed E-state index contributed by atoms with van der Waals surface area (Å²) >= 11 is 0. The fourth-order valence-electron chi connectivity index (χ4n) is 1.86. The van der Waals surface area contributed by atoms with Crippen LogP contribution < -0.4 is 10.6 Å². The van der Waals surface area contributed by atoms with Crippen molar-refractivity contribution in [3.05, 3.63) is 0 Å². The zero-order valence-corrected chi connectivity index (χ0v) is 13.9. The number of hydrogen-bond acceptors (Lipinski definition) is 3. The van der Waals surface area contributed by atoms with Crippen molar-refractivity contribution in [1.82, 2.24) is 10.6 Å². The number of nitrogens with one attached hydrogen (secondary N) is 2. The van der Waals surface area contributed by atoms with Crippen LogP contribution in [0, 0.1) is 0 Å². The zero-order chi connectivity index (χ0) is 15.3. The van der Waals surface area contributed by atoms with E-state index >= 15 is 0 Å². The maximum Gasteiger partial charge on any atom is 0.407 e. The van der Waals surface area contributed by atoms with Crippen molar-refractivity contribution in [3.8, 4) is 0 Å². The Labute approximate surface area is 125 Å². The Balaban J connectivity index is 3.19. The molecule has 20 heavy (non-hydrogen) atoms. The van der Waals surface area contributed by atoms with Crippen LogP contribution >= 0.6 is 0 Å². The van der Waals surface area contributed by atoms with E-state index in [1.807, 2.05) is 20.8 Å². The highest BCUT2D eigenvalue weighted by Gasteiger charge is 2.15. The summed E-state index contributed by atoms with van der Waals surface area (Å²) in [7, 11) is 0. The summed E-state index contributed by atoms with van der Waals surface area (Å²) in [5, 5.41) is 6.22. The van der Waals surface area contributed by atoms with Crippen molar-refractivity contribution in [2.45, 2.75) is 78.2 Å². The average molecular weight is 286 g/mol. The average Bonchev–Trinajstić information content (AvgIpc) is 2.34. The summed E-state index contributed by atoms with van der Waals surface area (Å²) in [5.74, 6) is 0. The van der Waals surface area contributed by atoms with E-state index in [1.165, 1.54) is 32.1 Å². The van der Waals surface area contributed by atoms with E-state index in [4.69, 9.17) is 4.74 Å². The Morgan fingerprint density at radius 1 is 0.900 bits per heavy atom. The lowest BCUT2D eigenvalue weighted by atomic mass is 10.1. The van der Waals surface area contributed by atoms with Crippen LogP contribution in [-0.2, 0) is 4.74 Å². The topological polar surface area (TPSA) is 50.4 Å². The van der Waals surface area contributed by atoms with Gasteiger partial charge in [-0.15, -0.1) is 0 Å². The molecule has 4 heteroatoms. The van der Waals surface area contributed by atoms with E-state index in [0.29, 0.717) is 6.54 Å². The Kier molecular flexibility index (Phi) is 11.5. The maximum atomic E-state index is 11.4. The van der Waals surface area contributed by atoms with Crippen LogP contribution in [0.5, 0.6) is 0 Å². The Hall–Kier alpha value is -0.770. The summed E-state index contributed by atoms with van der Waals surface area (Å²) in [6.07, 6.45) is 8.39. The number of hydrogen-bond donors (Lipinski definition) is 2. The summed E-state index contributed by atoms with van der Waals surface area (Å²) < 4.78 is 5.16. The molecule has 0 aliphatic heterocycles. The summed E-state index contributed by atoms with van der Waals surface area (Å²) in [5.41, 5.74) is -0.413. The van der Waals surface area contributed by atoms with Crippen LogP contribution in [0.15, 0.2) is 0 Å². The normalized spacial score (nSPS) is 11.4. The Morgan fingerprint density at radius 2 is 1.45 bits per heavy atom. The molecule has 0 fully saturated rings. The number of carbonyl (C=O) groups is 1. The van der Waals surface area contributed by atoms with E-state index in [1.54, 1.807) is 0 Å². The third-order valence-corrected chi connectivity index (χ3v) is 2.91. The van der Waals surface area contributed by atoms with Crippen LogP contribution in [0.3, 0.4) is 0 Å². The van der Waals surface area contributed by atoms with Gasteiger partial charge in [-0.1, -0.05) is 32.6 Å². The van der Waals surface area contributed by atoms with E-state index in [-0.39, 0.29) is 6.09 Å². The summed E-state index contributed by atoms with van der Waals surface area (Å²) in [6, 6.07) is 0. The highest BCUT2D eigenvalue weighted by atomic mass is 16.6. The van der Waals surface area contributed by atoms with Gasteiger partial charge in [0.2, 0.25) is 0 Å². The molecule has 0 unspecified atom stereocenters. The van der Waals surface area contributed by atoms with Crippen molar-refractivity contribution in [2.75, 3.05) is 19.6 Å². The minimum Gasteiger partial charge on any atom is -0.444 e. The van der Waals surface area contributed by atoms with Crippen molar-refractivity contribution in [1.29, 1.82) is 0 Å². The third kappa shape index (κ3) is 15.3. The molecule has 4 nitrogen and oxygen atoms in total. The first-order valence-electron chi connectivity index (χ1n) is 8.13. The smallest absolute Gasteiger partial charge is 0.407 e. The van der Waals surface area contributed by atoms with Gasteiger partial charge in [0, 0.05) is 6.54 Å². The molecule has 0 bridgehead atoms. The molecule has 0 spiro atoms. The van der Waals surface area contributed by atoms with Gasteiger partial charge < -0.3 is 15.4 Å². The monoisotopic (exact) mass is 286 g/mol. The molecule has 0 aromatic rings. The molecule has 0 atom stereocenters. The van der Waals surface area contributed by atoms with Gasteiger partial charge in [0.1, 0.15) is 5.60 Å². The fraction of sp³-hybridized carbons (Fsp3) is 0.938. The highest BCUT2D eigenvalue weighted by molar-refractivity contribution is 5.67. The van der Waals surface area contributed by atoms with Gasteiger partial charge in [-0.05, 0) is 53.1 Å². The first kappa shape index (κ1) is 19.2. The van der Waals surface area contributed by atoms with Crippen LogP contribution in [-0.4, -0.2) is 31.3 Å². The number of unbranched alkanes of at least 4 members (excludes halogenated alkanes) is 5. The lowest BCUT2D eigenvalue weighted by molar-refractivity contribution is 0.0527. The molecule has 0 rings (SSSR count). The first-order valence-corrected chi connectivity index (χ1v) is 8.13. The van der Waals surface area contributed by atoms with Gasteiger partial charge in [0.15, 0.2) is 0 Å². The number of rotatable bonds is 11. The number of carbonyl (C=O) groups excluding carboxylic acids is 1. The van der Waals surface area contributed by atoms with E-state index in [9.17, 15) is 4.79 Å². The van der Waals surface area contributed by atoms with E-state index in [0.717, 1.165) is 25.9 Å². The van der Waals surface area contributed by atoms with Crippen LogP contribution in [0.4, 0.5) is 4.79 Å². The molecule has 0 aromatic carbocycles.